The van der Waals surface area contributed by atoms with Crippen molar-refractivity contribution in [2.75, 3.05) is 5.48 Å². The van der Waals surface area contributed by atoms with E-state index in [9.17, 15) is 23.3 Å². The minimum Gasteiger partial charge on any atom is -0.308 e. The van der Waals surface area contributed by atoms with Gasteiger partial charge in [0, 0.05) is 20.0 Å². The Labute approximate surface area is 98.7 Å². The van der Waals surface area contributed by atoms with E-state index in [0.29, 0.717) is 4.57 Å². The third-order valence-electron chi connectivity index (χ3n) is 2.12. The third-order valence-corrected chi connectivity index (χ3v) is 2.12. The highest BCUT2D eigenvalue weighted by Gasteiger charge is 2.38. The normalized spacial score (nSPS) is 12.7. The van der Waals surface area contributed by atoms with Gasteiger partial charge in [0.15, 0.2) is 5.82 Å². The van der Waals surface area contributed by atoms with Crippen LogP contribution in [0.15, 0.2) is 5.70 Å². The molecule has 1 rings (SSSR count). The molecule has 0 unspecified atom stereocenters. The molecule has 100 valence electrons. The first-order valence-corrected chi connectivity index (χ1v) is 4.55. The molecule has 0 amide bonds. The Balaban J connectivity index is 3.38. The molecule has 0 aliphatic rings. The van der Waals surface area contributed by atoms with E-state index in [2.05, 4.69) is 4.98 Å². The van der Waals surface area contributed by atoms with Gasteiger partial charge in [-0.1, -0.05) is 0 Å². The van der Waals surface area contributed by atoms with E-state index in [4.69, 9.17) is 5.21 Å². The molecule has 0 aromatic carbocycles. The molecule has 0 saturated heterocycles. The van der Waals surface area contributed by atoms with Gasteiger partial charge in [-0.25, -0.2) is 4.98 Å². The molecule has 0 spiro atoms. The average Bonchev–Trinajstić information content (AvgIpc) is 2.54. The SMILES string of the molecule is C/C(=C\c1nc(C(F)(F)F)n(C)c1NO)[N+](=O)[O-]. The van der Waals surface area contributed by atoms with Crippen molar-refractivity contribution in [1.29, 1.82) is 0 Å². The largest absolute Gasteiger partial charge is 0.449 e. The summed E-state index contributed by atoms with van der Waals surface area (Å²) >= 11 is 0. The smallest absolute Gasteiger partial charge is 0.308 e. The van der Waals surface area contributed by atoms with Crippen LogP contribution in [-0.2, 0) is 13.2 Å². The van der Waals surface area contributed by atoms with E-state index in [1.54, 1.807) is 0 Å². The monoisotopic (exact) mass is 266 g/mol. The molecule has 0 aliphatic carbocycles. The van der Waals surface area contributed by atoms with Crippen molar-refractivity contribution in [3.63, 3.8) is 0 Å². The topological polar surface area (TPSA) is 93.2 Å². The van der Waals surface area contributed by atoms with Gasteiger partial charge in [-0.3, -0.25) is 20.8 Å². The Bertz CT molecular complexity index is 506. The second-order valence-corrected chi connectivity index (χ2v) is 3.38. The van der Waals surface area contributed by atoms with Crippen LogP contribution in [0.4, 0.5) is 19.0 Å². The van der Waals surface area contributed by atoms with Crippen molar-refractivity contribution >= 4 is 11.9 Å². The van der Waals surface area contributed by atoms with Crippen LogP contribution in [0.25, 0.3) is 6.08 Å². The van der Waals surface area contributed by atoms with Crippen LogP contribution in [0.3, 0.4) is 0 Å². The molecule has 1 heterocycles. The van der Waals surface area contributed by atoms with Crippen molar-refractivity contribution in [3.05, 3.63) is 27.3 Å². The van der Waals surface area contributed by atoms with Crippen LogP contribution < -0.4 is 5.48 Å². The number of nitrogens with zero attached hydrogens (tertiary/aromatic N) is 3. The first kappa shape index (κ1) is 14.0. The number of alkyl halides is 3. The van der Waals surface area contributed by atoms with Gasteiger partial charge in [-0.2, -0.15) is 13.2 Å². The van der Waals surface area contributed by atoms with Crippen LogP contribution in [0.1, 0.15) is 18.4 Å². The van der Waals surface area contributed by atoms with Gasteiger partial charge in [0.1, 0.15) is 5.69 Å². The molecule has 0 saturated carbocycles. The number of hydrogen-bond donors (Lipinski definition) is 2. The lowest BCUT2D eigenvalue weighted by Gasteiger charge is -2.06. The van der Waals surface area contributed by atoms with E-state index in [1.165, 1.54) is 5.48 Å². The molecule has 18 heavy (non-hydrogen) atoms. The number of rotatable bonds is 3. The summed E-state index contributed by atoms with van der Waals surface area (Å²) in [5.74, 6) is -1.66. The predicted octanol–water partition coefficient (Wildman–Crippen LogP) is 1.88. The molecule has 0 atom stereocenters. The van der Waals surface area contributed by atoms with Gasteiger partial charge < -0.3 is 4.57 Å². The minimum absolute atomic E-state index is 0.374. The summed E-state index contributed by atoms with van der Waals surface area (Å²) in [7, 11) is 1.02. The summed E-state index contributed by atoms with van der Waals surface area (Å²) in [6.45, 7) is 1.10. The van der Waals surface area contributed by atoms with Crippen LogP contribution in [0.5, 0.6) is 0 Å². The maximum Gasteiger partial charge on any atom is 0.449 e. The summed E-state index contributed by atoms with van der Waals surface area (Å²) in [6.07, 6.45) is -3.90. The van der Waals surface area contributed by atoms with Gasteiger partial charge >= 0.3 is 6.18 Å². The Morgan fingerprint density at radius 3 is 2.56 bits per heavy atom. The average molecular weight is 266 g/mol. The number of nitro groups is 1. The number of aromatic nitrogens is 2. The molecule has 2 N–H and O–H groups in total. The lowest BCUT2D eigenvalue weighted by atomic mass is 10.3. The fraction of sp³-hybridized carbons (Fsp3) is 0.375. The first-order valence-electron chi connectivity index (χ1n) is 4.55. The highest BCUT2D eigenvalue weighted by Crippen LogP contribution is 2.32. The van der Waals surface area contributed by atoms with Gasteiger partial charge in [0.05, 0.1) is 4.92 Å². The number of halogens is 3. The van der Waals surface area contributed by atoms with E-state index in [-0.39, 0.29) is 11.5 Å². The quantitative estimate of drug-likeness (QED) is 0.643. The summed E-state index contributed by atoms with van der Waals surface area (Å²) in [5, 5.41) is 19.1. The zero-order chi connectivity index (χ0) is 14.1. The summed E-state index contributed by atoms with van der Waals surface area (Å²) in [6, 6.07) is 0. The Morgan fingerprint density at radius 2 is 2.17 bits per heavy atom. The van der Waals surface area contributed by atoms with Crippen molar-refractivity contribution < 1.29 is 23.3 Å². The van der Waals surface area contributed by atoms with Gasteiger partial charge in [0.2, 0.25) is 11.5 Å². The summed E-state index contributed by atoms with van der Waals surface area (Å²) in [4.78, 5) is 12.8. The van der Waals surface area contributed by atoms with E-state index < -0.39 is 22.6 Å². The third kappa shape index (κ3) is 2.59. The molecular formula is C8H9F3N4O3. The molecule has 0 aliphatic heterocycles. The standard InChI is InChI=1S/C8H9F3N4O3/c1-4(15(17)18)3-5-6(13-16)14(2)7(12-5)8(9,10)11/h3,13,16H,1-2H3/b4-3+. The maximum absolute atomic E-state index is 12.5. The van der Waals surface area contributed by atoms with E-state index >= 15 is 0 Å². The maximum atomic E-state index is 12.5. The van der Waals surface area contributed by atoms with Crippen molar-refractivity contribution in [3.8, 4) is 0 Å². The molecule has 1 aromatic heterocycles. The minimum atomic E-state index is -4.73. The Hall–Kier alpha value is -2.10. The number of hydrogen-bond acceptors (Lipinski definition) is 5. The number of anilines is 1. The number of allylic oxidation sites excluding steroid dienone is 1. The summed E-state index contributed by atoms with van der Waals surface area (Å²) in [5.41, 5.74) is 0.756. The van der Waals surface area contributed by atoms with Crippen LogP contribution in [-0.4, -0.2) is 19.7 Å². The highest BCUT2D eigenvalue weighted by atomic mass is 19.4. The van der Waals surface area contributed by atoms with Gasteiger partial charge in [0.25, 0.3) is 0 Å². The van der Waals surface area contributed by atoms with E-state index in [1.807, 2.05) is 0 Å². The molecule has 10 heteroatoms. The molecule has 0 fully saturated rings. The van der Waals surface area contributed by atoms with Crippen molar-refractivity contribution in [2.45, 2.75) is 13.1 Å². The Kier molecular flexibility index (Phi) is 3.60. The van der Waals surface area contributed by atoms with Crippen LogP contribution in [0, 0.1) is 10.1 Å². The predicted molar refractivity (Wildman–Crippen MR) is 54.3 cm³/mol. The van der Waals surface area contributed by atoms with Crippen LogP contribution in [0.2, 0.25) is 0 Å². The molecule has 7 nitrogen and oxygen atoms in total. The fourth-order valence-electron chi connectivity index (χ4n) is 1.26. The second-order valence-electron chi connectivity index (χ2n) is 3.38. The molecular weight excluding hydrogens is 257 g/mol. The van der Waals surface area contributed by atoms with Crippen molar-refractivity contribution in [2.24, 2.45) is 7.05 Å². The first-order chi connectivity index (χ1) is 8.18. The lowest BCUT2D eigenvalue weighted by molar-refractivity contribution is -0.422. The number of nitrogens with one attached hydrogen (secondary N) is 1. The zero-order valence-corrected chi connectivity index (χ0v) is 9.32. The van der Waals surface area contributed by atoms with Gasteiger partial charge in [-0.05, 0) is 0 Å². The Morgan fingerprint density at radius 1 is 1.61 bits per heavy atom. The zero-order valence-electron chi connectivity index (χ0n) is 9.32. The fourth-order valence-corrected chi connectivity index (χ4v) is 1.26. The molecule has 1 aromatic rings. The second kappa shape index (κ2) is 4.64. The van der Waals surface area contributed by atoms with E-state index in [0.717, 1.165) is 20.0 Å². The number of imidazole rings is 1. The highest BCUT2D eigenvalue weighted by molar-refractivity contribution is 5.61. The summed E-state index contributed by atoms with van der Waals surface area (Å²) < 4.78 is 38.1. The molecule has 0 bridgehead atoms. The van der Waals surface area contributed by atoms with Crippen LogP contribution >= 0.6 is 0 Å². The lowest BCUT2D eigenvalue weighted by Crippen LogP contribution is -2.13. The van der Waals surface area contributed by atoms with Gasteiger partial charge in [-0.15, -0.1) is 0 Å². The molecule has 0 radical (unpaired) electrons. The van der Waals surface area contributed by atoms with Crippen molar-refractivity contribution in [1.82, 2.24) is 9.55 Å².